The molecule has 0 atom stereocenters. The van der Waals surface area contributed by atoms with E-state index >= 15 is 0 Å². The Labute approximate surface area is 135 Å². The molecule has 0 saturated carbocycles. The van der Waals surface area contributed by atoms with Crippen LogP contribution in [-0.2, 0) is 16.4 Å². The highest BCUT2D eigenvalue weighted by atomic mass is 32.2. The molecule has 1 aromatic carbocycles. The van der Waals surface area contributed by atoms with E-state index in [2.05, 4.69) is 18.9 Å². The molecule has 0 radical (unpaired) electrons. The second kappa shape index (κ2) is 7.57. The Bertz CT molecular complexity index is 561. The van der Waals surface area contributed by atoms with Crippen LogP contribution in [0.4, 0.5) is 0 Å². The summed E-state index contributed by atoms with van der Waals surface area (Å²) in [6, 6.07) is 7.52. The highest BCUT2D eigenvalue weighted by Gasteiger charge is 2.29. The first-order chi connectivity index (χ1) is 10.4. The van der Waals surface area contributed by atoms with Gasteiger partial charge >= 0.3 is 0 Å². The van der Waals surface area contributed by atoms with Crippen molar-refractivity contribution in [2.24, 2.45) is 0 Å². The van der Waals surface area contributed by atoms with Crippen LogP contribution in [0.1, 0.15) is 38.2 Å². The van der Waals surface area contributed by atoms with E-state index in [0.717, 1.165) is 45.2 Å². The lowest BCUT2D eigenvalue weighted by Crippen LogP contribution is -2.44. The van der Waals surface area contributed by atoms with E-state index in [9.17, 15) is 8.42 Å². The lowest BCUT2D eigenvalue weighted by Gasteiger charge is -2.34. The summed E-state index contributed by atoms with van der Waals surface area (Å²) < 4.78 is 27.1. The summed E-state index contributed by atoms with van der Waals surface area (Å²) in [7, 11) is 0.423. The average molecular weight is 324 g/mol. The largest absolute Gasteiger partial charge is 0.306 e. The van der Waals surface area contributed by atoms with Gasteiger partial charge in [0.15, 0.2) is 0 Å². The normalized spacial score (nSPS) is 18.0. The number of rotatable bonds is 6. The van der Waals surface area contributed by atoms with Crippen molar-refractivity contribution in [3.8, 4) is 0 Å². The highest BCUT2D eigenvalue weighted by molar-refractivity contribution is 7.89. The van der Waals surface area contributed by atoms with Crippen LogP contribution in [0, 0.1) is 0 Å². The van der Waals surface area contributed by atoms with Crippen LogP contribution in [0.5, 0.6) is 0 Å². The maximum Gasteiger partial charge on any atom is 0.243 e. The Morgan fingerprint density at radius 1 is 1.18 bits per heavy atom. The van der Waals surface area contributed by atoms with Crippen LogP contribution >= 0.6 is 0 Å². The fraction of sp³-hybridized carbons (Fsp3) is 0.647. The second-order valence-electron chi connectivity index (χ2n) is 6.30. The van der Waals surface area contributed by atoms with Crippen LogP contribution < -0.4 is 0 Å². The monoisotopic (exact) mass is 324 g/mol. The third kappa shape index (κ3) is 4.09. The highest BCUT2D eigenvalue weighted by Crippen LogP contribution is 2.22. The number of benzene rings is 1. The first-order valence-corrected chi connectivity index (χ1v) is 9.64. The van der Waals surface area contributed by atoms with Crippen LogP contribution in [0.2, 0.25) is 0 Å². The number of sulfonamides is 1. The van der Waals surface area contributed by atoms with Crippen molar-refractivity contribution in [3.63, 3.8) is 0 Å². The van der Waals surface area contributed by atoms with Crippen molar-refractivity contribution in [2.45, 2.75) is 50.0 Å². The molecule has 0 aromatic heterocycles. The summed E-state index contributed by atoms with van der Waals surface area (Å²) in [4.78, 5) is 2.66. The summed E-state index contributed by atoms with van der Waals surface area (Å²) >= 11 is 0. The van der Waals surface area contributed by atoms with E-state index in [0.29, 0.717) is 4.90 Å². The van der Waals surface area contributed by atoms with Crippen LogP contribution in [0.3, 0.4) is 0 Å². The molecule has 1 heterocycles. The van der Waals surface area contributed by atoms with Gasteiger partial charge in [-0.1, -0.05) is 25.5 Å². The van der Waals surface area contributed by atoms with Gasteiger partial charge in [-0.25, -0.2) is 8.42 Å². The zero-order valence-electron chi connectivity index (χ0n) is 14.0. The molecule has 0 bridgehead atoms. The molecule has 0 spiro atoms. The van der Waals surface area contributed by atoms with Gasteiger partial charge in [-0.15, -0.1) is 0 Å². The van der Waals surface area contributed by atoms with E-state index in [-0.39, 0.29) is 6.04 Å². The van der Waals surface area contributed by atoms with Crippen molar-refractivity contribution in [1.82, 2.24) is 9.21 Å². The van der Waals surface area contributed by atoms with E-state index < -0.39 is 10.0 Å². The van der Waals surface area contributed by atoms with Crippen LogP contribution in [0.25, 0.3) is 0 Å². The molecule has 0 amide bonds. The van der Waals surface area contributed by atoms with Gasteiger partial charge in [-0.2, -0.15) is 4.31 Å². The van der Waals surface area contributed by atoms with Gasteiger partial charge in [0.2, 0.25) is 10.0 Å². The number of aryl methyl sites for hydroxylation is 1. The fourth-order valence-corrected chi connectivity index (χ4v) is 4.35. The van der Waals surface area contributed by atoms with Crippen LogP contribution in [0.15, 0.2) is 29.2 Å². The minimum Gasteiger partial charge on any atom is -0.306 e. The Morgan fingerprint density at radius 3 is 2.32 bits per heavy atom. The van der Waals surface area contributed by atoms with Crippen molar-refractivity contribution in [1.29, 1.82) is 0 Å². The van der Waals surface area contributed by atoms with Gasteiger partial charge in [-0.05, 0) is 63.5 Å². The number of unbranched alkanes of at least 4 members (excludes halogenated alkanes) is 1. The zero-order valence-corrected chi connectivity index (χ0v) is 14.8. The van der Waals surface area contributed by atoms with Gasteiger partial charge in [-0.3, -0.25) is 0 Å². The number of hydrogen-bond donors (Lipinski definition) is 0. The van der Waals surface area contributed by atoms with Crippen molar-refractivity contribution in [2.75, 3.05) is 27.2 Å². The first-order valence-electron chi connectivity index (χ1n) is 8.20. The SMILES string of the molecule is CCCCc1ccc(S(=O)(=O)N(C)C2CCN(C)CC2)cc1. The molecule has 1 fully saturated rings. The Hall–Kier alpha value is -0.910. The fourth-order valence-electron chi connectivity index (χ4n) is 2.93. The molecule has 1 aliphatic rings. The number of nitrogens with zero attached hydrogens (tertiary/aromatic N) is 2. The molecule has 1 saturated heterocycles. The third-order valence-corrected chi connectivity index (χ3v) is 6.55. The molecule has 4 nitrogen and oxygen atoms in total. The molecule has 0 N–H and O–H groups in total. The molecule has 5 heteroatoms. The lowest BCUT2D eigenvalue weighted by atomic mass is 10.1. The topological polar surface area (TPSA) is 40.6 Å². The standard InChI is InChI=1S/C17H28N2O2S/c1-4-5-6-15-7-9-17(10-8-15)22(20,21)19(3)16-11-13-18(2)14-12-16/h7-10,16H,4-6,11-14H2,1-3H3. The van der Waals surface area contributed by atoms with Gasteiger partial charge in [0.25, 0.3) is 0 Å². The van der Waals surface area contributed by atoms with Gasteiger partial charge in [0.1, 0.15) is 0 Å². The summed E-state index contributed by atoms with van der Waals surface area (Å²) in [5.41, 5.74) is 1.21. The van der Waals surface area contributed by atoms with Crippen molar-refractivity contribution >= 4 is 10.0 Å². The smallest absolute Gasteiger partial charge is 0.243 e. The summed E-state index contributed by atoms with van der Waals surface area (Å²) in [6.45, 7) is 4.08. The molecule has 22 heavy (non-hydrogen) atoms. The van der Waals surface area contributed by atoms with Crippen LogP contribution in [-0.4, -0.2) is 50.8 Å². The summed E-state index contributed by atoms with van der Waals surface area (Å²) in [6.07, 6.45) is 5.11. The quantitative estimate of drug-likeness (QED) is 0.808. The van der Waals surface area contributed by atoms with E-state index in [1.54, 1.807) is 23.5 Å². The molecule has 0 unspecified atom stereocenters. The summed E-state index contributed by atoms with van der Waals surface area (Å²) in [5.74, 6) is 0. The van der Waals surface area contributed by atoms with Crippen molar-refractivity contribution < 1.29 is 8.42 Å². The molecule has 0 aliphatic carbocycles. The average Bonchev–Trinajstić information content (AvgIpc) is 2.53. The lowest BCUT2D eigenvalue weighted by molar-refractivity contribution is 0.197. The second-order valence-corrected chi connectivity index (χ2v) is 8.30. The molecule has 1 aliphatic heterocycles. The molecule has 124 valence electrons. The Morgan fingerprint density at radius 2 is 1.77 bits per heavy atom. The Balaban J connectivity index is 2.08. The van der Waals surface area contributed by atoms with Gasteiger partial charge < -0.3 is 4.90 Å². The molecule has 1 aromatic rings. The number of likely N-dealkylation sites (tertiary alicyclic amines) is 1. The maximum absolute atomic E-state index is 12.8. The molecular weight excluding hydrogens is 296 g/mol. The predicted octanol–water partition coefficient (Wildman–Crippen LogP) is 2.74. The molecular formula is C17H28N2O2S. The number of piperidine rings is 1. The maximum atomic E-state index is 12.8. The van der Waals surface area contributed by atoms with E-state index in [4.69, 9.17) is 0 Å². The van der Waals surface area contributed by atoms with Gasteiger partial charge in [0.05, 0.1) is 4.90 Å². The zero-order chi connectivity index (χ0) is 16.2. The third-order valence-electron chi connectivity index (χ3n) is 4.62. The van der Waals surface area contributed by atoms with E-state index in [1.165, 1.54) is 5.56 Å². The van der Waals surface area contributed by atoms with Crippen molar-refractivity contribution in [3.05, 3.63) is 29.8 Å². The summed E-state index contributed by atoms with van der Waals surface area (Å²) in [5, 5.41) is 0. The first kappa shape index (κ1) is 17.4. The predicted molar refractivity (Wildman–Crippen MR) is 90.5 cm³/mol. The van der Waals surface area contributed by atoms with Gasteiger partial charge in [0, 0.05) is 13.1 Å². The Kier molecular flexibility index (Phi) is 6.01. The molecule has 2 rings (SSSR count). The number of hydrogen-bond acceptors (Lipinski definition) is 3. The van der Waals surface area contributed by atoms with E-state index in [1.807, 2.05) is 12.1 Å². The minimum atomic E-state index is -3.38. The minimum absolute atomic E-state index is 0.112.